The molecule has 124 valence electrons. The van der Waals surface area contributed by atoms with Crippen LogP contribution < -0.4 is 4.74 Å². The Kier molecular flexibility index (Phi) is 3.76. The predicted molar refractivity (Wildman–Crippen MR) is 83.5 cm³/mol. The molecular weight excluding hydrogens is 297 g/mol. The topological polar surface area (TPSA) is 49.8 Å². The highest BCUT2D eigenvalue weighted by atomic mass is 19.1. The molecule has 1 N–H and O–H groups in total. The number of ether oxygens (including phenoxy) is 1. The molecule has 3 aliphatic rings. The molecule has 0 bridgehead atoms. The molecule has 4 nitrogen and oxygen atoms in total. The number of nitrogens with zero attached hydrogens (tertiary/aromatic N) is 1. The van der Waals surface area contributed by atoms with Gasteiger partial charge in [-0.3, -0.25) is 4.90 Å². The number of rotatable bonds is 4. The van der Waals surface area contributed by atoms with Gasteiger partial charge in [-0.15, -0.1) is 0 Å². The van der Waals surface area contributed by atoms with Gasteiger partial charge in [0.15, 0.2) is 11.6 Å². The van der Waals surface area contributed by atoms with E-state index in [-0.39, 0.29) is 17.4 Å². The maximum atomic E-state index is 14.0. The lowest BCUT2D eigenvalue weighted by atomic mass is 9.82. The molecule has 4 rings (SSSR count). The van der Waals surface area contributed by atoms with Crippen molar-refractivity contribution in [2.24, 2.45) is 0 Å². The molecule has 1 heterocycles. The molecule has 2 fully saturated rings. The molecule has 2 saturated carbocycles. The zero-order valence-corrected chi connectivity index (χ0v) is 13.1. The number of carbonyl (C=O) groups is 1. The van der Waals surface area contributed by atoms with Gasteiger partial charge in [-0.2, -0.15) is 0 Å². The fraction of sp³-hybridized carbons (Fsp3) is 0.611. The van der Waals surface area contributed by atoms with Crippen LogP contribution in [0, 0.1) is 5.82 Å². The van der Waals surface area contributed by atoms with Crippen molar-refractivity contribution in [1.29, 1.82) is 0 Å². The van der Waals surface area contributed by atoms with Gasteiger partial charge in [0.2, 0.25) is 0 Å². The lowest BCUT2D eigenvalue weighted by Gasteiger charge is -2.51. The predicted octanol–water partition coefficient (Wildman–Crippen LogP) is 3.23. The zero-order valence-electron chi connectivity index (χ0n) is 13.1. The van der Waals surface area contributed by atoms with Crippen LogP contribution in [0.2, 0.25) is 0 Å². The average Bonchev–Trinajstić information content (AvgIpc) is 2.42. The van der Waals surface area contributed by atoms with Gasteiger partial charge < -0.3 is 9.84 Å². The Morgan fingerprint density at radius 1 is 1.13 bits per heavy atom. The van der Waals surface area contributed by atoms with Gasteiger partial charge in [-0.05, 0) is 44.2 Å². The molecule has 2 aliphatic carbocycles. The molecule has 0 radical (unpaired) electrons. The molecule has 5 heteroatoms. The van der Waals surface area contributed by atoms with Crippen LogP contribution in [0.15, 0.2) is 12.1 Å². The van der Waals surface area contributed by atoms with E-state index in [0.29, 0.717) is 30.7 Å². The van der Waals surface area contributed by atoms with Crippen molar-refractivity contribution < 1.29 is 19.0 Å². The van der Waals surface area contributed by atoms with Crippen molar-refractivity contribution in [3.05, 3.63) is 29.1 Å². The highest BCUT2D eigenvalue weighted by molar-refractivity contribution is 5.90. The second kappa shape index (κ2) is 5.78. The van der Waals surface area contributed by atoms with Crippen LogP contribution in [-0.4, -0.2) is 40.7 Å². The lowest BCUT2D eigenvalue weighted by Crippen LogP contribution is -2.57. The summed E-state index contributed by atoms with van der Waals surface area (Å²) in [6.07, 6.45) is 7.98. The number of fused-ring (bicyclic) bond motifs is 1. The first-order valence-corrected chi connectivity index (χ1v) is 8.60. The molecule has 1 aromatic rings. The van der Waals surface area contributed by atoms with Crippen LogP contribution in [0.4, 0.5) is 4.39 Å². The van der Waals surface area contributed by atoms with Crippen molar-refractivity contribution >= 4 is 5.97 Å². The monoisotopic (exact) mass is 319 g/mol. The summed E-state index contributed by atoms with van der Waals surface area (Å²) in [5, 5.41) is 9.40. The van der Waals surface area contributed by atoms with Gasteiger partial charge >= 0.3 is 5.97 Å². The van der Waals surface area contributed by atoms with Gasteiger partial charge in [0.25, 0.3) is 0 Å². The number of carboxylic acid groups (broad SMARTS) is 1. The van der Waals surface area contributed by atoms with E-state index in [1.54, 1.807) is 0 Å². The van der Waals surface area contributed by atoms with Crippen LogP contribution in [-0.2, 0) is 6.42 Å². The molecule has 23 heavy (non-hydrogen) atoms. The highest BCUT2D eigenvalue weighted by Crippen LogP contribution is 2.39. The van der Waals surface area contributed by atoms with Crippen LogP contribution in [0.5, 0.6) is 5.75 Å². The van der Waals surface area contributed by atoms with Crippen molar-refractivity contribution in [1.82, 2.24) is 4.90 Å². The summed E-state index contributed by atoms with van der Waals surface area (Å²) in [7, 11) is 0. The first-order chi connectivity index (χ1) is 11.1. The SMILES string of the molecule is O=C(O)c1ccc(F)c2c1CC(N(C1CCC1)C1CCC1)CO2. The fourth-order valence-electron chi connectivity index (χ4n) is 4.09. The Labute approximate surface area is 135 Å². The number of halogens is 1. The summed E-state index contributed by atoms with van der Waals surface area (Å²) < 4.78 is 19.7. The minimum atomic E-state index is -1.01. The second-order valence-electron chi connectivity index (χ2n) is 6.99. The Hall–Kier alpha value is -1.62. The third kappa shape index (κ3) is 2.51. The molecule has 0 aromatic heterocycles. The summed E-state index contributed by atoms with van der Waals surface area (Å²) in [6, 6.07) is 3.91. The van der Waals surface area contributed by atoms with Crippen molar-refractivity contribution in [2.45, 2.75) is 63.1 Å². The van der Waals surface area contributed by atoms with Crippen molar-refractivity contribution in [3.63, 3.8) is 0 Å². The van der Waals surface area contributed by atoms with E-state index >= 15 is 0 Å². The Morgan fingerprint density at radius 3 is 2.30 bits per heavy atom. The van der Waals surface area contributed by atoms with Crippen LogP contribution in [0.25, 0.3) is 0 Å². The quantitative estimate of drug-likeness (QED) is 0.925. The van der Waals surface area contributed by atoms with E-state index in [4.69, 9.17) is 4.74 Å². The van der Waals surface area contributed by atoms with E-state index < -0.39 is 11.8 Å². The summed E-state index contributed by atoms with van der Waals surface area (Å²) in [5.41, 5.74) is 0.700. The molecule has 0 saturated heterocycles. The molecule has 1 unspecified atom stereocenters. The van der Waals surface area contributed by atoms with Gasteiger partial charge in [-0.25, -0.2) is 9.18 Å². The van der Waals surface area contributed by atoms with Gasteiger partial charge in [0.05, 0.1) is 5.56 Å². The number of hydrogen-bond acceptors (Lipinski definition) is 3. The fourth-order valence-corrected chi connectivity index (χ4v) is 4.09. The minimum Gasteiger partial charge on any atom is -0.489 e. The van der Waals surface area contributed by atoms with Crippen LogP contribution >= 0.6 is 0 Å². The van der Waals surface area contributed by atoms with Gasteiger partial charge in [0, 0.05) is 23.7 Å². The number of benzene rings is 1. The van der Waals surface area contributed by atoms with Crippen LogP contribution in [0.1, 0.15) is 54.4 Å². The maximum absolute atomic E-state index is 14.0. The average molecular weight is 319 g/mol. The molecule has 1 aromatic carbocycles. The standard InChI is InChI=1S/C18H22FNO3/c19-16-8-7-14(18(21)22)15-9-13(10-23-17(15)16)20(11-3-1-4-11)12-5-2-6-12/h7-8,11-13H,1-6,9-10H2,(H,21,22). The molecule has 1 aliphatic heterocycles. The molecule has 0 spiro atoms. The first-order valence-electron chi connectivity index (χ1n) is 8.60. The molecule has 1 atom stereocenters. The molecule has 0 amide bonds. The zero-order chi connectivity index (χ0) is 16.0. The summed E-state index contributed by atoms with van der Waals surface area (Å²) >= 11 is 0. The number of aromatic carboxylic acids is 1. The number of carboxylic acids is 1. The maximum Gasteiger partial charge on any atom is 0.336 e. The van der Waals surface area contributed by atoms with Crippen LogP contribution in [0.3, 0.4) is 0 Å². The van der Waals surface area contributed by atoms with E-state index in [1.165, 1.54) is 50.7 Å². The Balaban J connectivity index is 1.64. The Morgan fingerprint density at radius 2 is 1.78 bits per heavy atom. The van der Waals surface area contributed by atoms with E-state index in [2.05, 4.69) is 4.90 Å². The summed E-state index contributed by atoms with van der Waals surface area (Å²) in [6.45, 7) is 0.458. The lowest BCUT2D eigenvalue weighted by molar-refractivity contribution is -0.0194. The van der Waals surface area contributed by atoms with Crippen molar-refractivity contribution in [2.75, 3.05) is 6.61 Å². The minimum absolute atomic E-state index is 0.142. The third-order valence-corrected chi connectivity index (χ3v) is 5.72. The van der Waals surface area contributed by atoms with E-state index in [1.807, 2.05) is 0 Å². The number of hydrogen-bond donors (Lipinski definition) is 1. The summed E-state index contributed by atoms with van der Waals surface area (Å²) in [4.78, 5) is 14.0. The first kappa shape index (κ1) is 14.9. The second-order valence-corrected chi connectivity index (χ2v) is 6.99. The highest BCUT2D eigenvalue weighted by Gasteiger charge is 2.40. The normalized spacial score (nSPS) is 24.5. The van der Waals surface area contributed by atoms with Crippen molar-refractivity contribution in [3.8, 4) is 5.75 Å². The smallest absolute Gasteiger partial charge is 0.336 e. The Bertz CT molecular complexity index is 611. The molecular formula is C18H22FNO3. The van der Waals surface area contributed by atoms with E-state index in [0.717, 1.165) is 0 Å². The van der Waals surface area contributed by atoms with Gasteiger partial charge in [0.1, 0.15) is 6.61 Å². The van der Waals surface area contributed by atoms with E-state index in [9.17, 15) is 14.3 Å². The largest absolute Gasteiger partial charge is 0.489 e. The van der Waals surface area contributed by atoms with Gasteiger partial charge in [-0.1, -0.05) is 12.8 Å². The summed E-state index contributed by atoms with van der Waals surface area (Å²) in [5.74, 6) is -1.32. The third-order valence-electron chi connectivity index (χ3n) is 5.72.